The van der Waals surface area contributed by atoms with Crippen LogP contribution < -0.4 is 16.0 Å². The zero-order chi connectivity index (χ0) is 22.2. The van der Waals surface area contributed by atoms with E-state index in [2.05, 4.69) is 55.9 Å². The Morgan fingerprint density at radius 2 is 1.77 bits per heavy atom. The highest BCUT2D eigenvalue weighted by atomic mass is 16.5. The number of aromatic nitrogens is 2. The van der Waals surface area contributed by atoms with E-state index in [9.17, 15) is 4.79 Å². The van der Waals surface area contributed by atoms with Gasteiger partial charge in [-0.1, -0.05) is 30.3 Å². The Morgan fingerprint density at radius 1 is 1.06 bits per heavy atom. The summed E-state index contributed by atoms with van der Waals surface area (Å²) in [6, 6.07) is 17.8. The van der Waals surface area contributed by atoms with Gasteiger partial charge in [0.25, 0.3) is 0 Å². The van der Waals surface area contributed by atoms with Crippen LogP contribution in [0.4, 0.5) is 10.5 Å². The molecule has 3 N–H and O–H groups in total. The first-order valence-corrected chi connectivity index (χ1v) is 10.00. The van der Waals surface area contributed by atoms with Crippen molar-refractivity contribution in [1.29, 1.82) is 0 Å². The van der Waals surface area contributed by atoms with E-state index < -0.39 is 6.09 Å². The lowest BCUT2D eigenvalue weighted by molar-refractivity contribution is 0.187. The third kappa shape index (κ3) is 5.85. The molecule has 8 nitrogen and oxygen atoms in total. The van der Waals surface area contributed by atoms with Crippen LogP contribution in [0.15, 0.2) is 59.6 Å². The number of hydrogen-bond donors (Lipinski definition) is 3. The number of ether oxygens (including phenoxy) is 1. The van der Waals surface area contributed by atoms with E-state index in [-0.39, 0.29) is 0 Å². The molecule has 2 aromatic carbocycles. The summed E-state index contributed by atoms with van der Waals surface area (Å²) >= 11 is 0. The number of para-hydroxylation sites is 1. The van der Waals surface area contributed by atoms with Crippen LogP contribution in [0.2, 0.25) is 0 Å². The van der Waals surface area contributed by atoms with Crippen molar-refractivity contribution < 1.29 is 9.53 Å². The highest BCUT2D eigenvalue weighted by molar-refractivity contribution is 5.84. The molecule has 3 aromatic rings. The van der Waals surface area contributed by atoms with Crippen molar-refractivity contribution >= 4 is 17.7 Å². The number of anilines is 1. The summed E-state index contributed by atoms with van der Waals surface area (Å²) in [7, 11) is 3.08. The van der Waals surface area contributed by atoms with Crippen molar-refractivity contribution in [3.8, 4) is 5.69 Å². The second-order valence-corrected chi connectivity index (χ2v) is 7.06. The lowest BCUT2D eigenvalue weighted by atomic mass is 10.1. The van der Waals surface area contributed by atoms with Crippen molar-refractivity contribution in [2.75, 3.05) is 19.5 Å². The van der Waals surface area contributed by atoms with Gasteiger partial charge in [-0.3, -0.25) is 10.3 Å². The van der Waals surface area contributed by atoms with Gasteiger partial charge in [-0.05, 0) is 49.2 Å². The fourth-order valence-corrected chi connectivity index (χ4v) is 3.20. The Balaban J connectivity index is 1.59. The summed E-state index contributed by atoms with van der Waals surface area (Å²) < 4.78 is 6.56. The zero-order valence-electron chi connectivity index (χ0n) is 18.3. The SMILES string of the molecule is CN=C(NCc1ccc(NC(=O)OC)cc1)NCc1ccccc1-n1nc(C)cc1C. The molecule has 0 bridgehead atoms. The summed E-state index contributed by atoms with van der Waals surface area (Å²) in [6.45, 7) is 5.25. The van der Waals surface area contributed by atoms with Gasteiger partial charge in [0.15, 0.2) is 5.96 Å². The highest BCUT2D eigenvalue weighted by Crippen LogP contribution is 2.17. The molecule has 1 amide bonds. The van der Waals surface area contributed by atoms with Crippen LogP contribution >= 0.6 is 0 Å². The van der Waals surface area contributed by atoms with Crippen LogP contribution in [-0.4, -0.2) is 36.0 Å². The lowest BCUT2D eigenvalue weighted by Gasteiger charge is -2.15. The van der Waals surface area contributed by atoms with Gasteiger partial charge in [-0.25, -0.2) is 9.48 Å². The maximum absolute atomic E-state index is 11.3. The summed E-state index contributed by atoms with van der Waals surface area (Å²) in [5, 5.41) is 13.9. The first kappa shape index (κ1) is 21.9. The molecule has 162 valence electrons. The third-order valence-corrected chi connectivity index (χ3v) is 4.74. The number of guanidine groups is 1. The molecule has 0 unspecified atom stereocenters. The third-order valence-electron chi connectivity index (χ3n) is 4.74. The molecular weight excluding hydrogens is 392 g/mol. The number of methoxy groups -OCH3 is 1. The number of hydrogen-bond acceptors (Lipinski definition) is 4. The van der Waals surface area contributed by atoms with E-state index in [1.807, 2.05) is 48.0 Å². The molecule has 0 saturated heterocycles. The first-order chi connectivity index (χ1) is 15.0. The van der Waals surface area contributed by atoms with Crippen molar-refractivity contribution in [3.05, 3.63) is 77.1 Å². The summed E-state index contributed by atoms with van der Waals surface area (Å²) in [5.74, 6) is 0.694. The van der Waals surface area contributed by atoms with E-state index in [4.69, 9.17) is 0 Å². The smallest absolute Gasteiger partial charge is 0.411 e. The first-order valence-electron chi connectivity index (χ1n) is 10.00. The van der Waals surface area contributed by atoms with Gasteiger partial charge >= 0.3 is 6.09 Å². The van der Waals surface area contributed by atoms with Crippen molar-refractivity contribution in [2.45, 2.75) is 26.9 Å². The minimum Gasteiger partial charge on any atom is -0.453 e. The molecule has 8 heteroatoms. The summed E-state index contributed by atoms with van der Waals surface area (Å²) in [6.07, 6.45) is -0.490. The van der Waals surface area contributed by atoms with Crippen LogP contribution in [0, 0.1) is 13.8 Å². The molecule has 0 atom stereocenters. The number of rotatable bonds is 6. The average Bonchev–Trinajstić information content (AvgIpc) is 3.12. The van der Waals surface area contributed by atoms with Gasteiger partial charge in [0.2, 0.25) is 0 Å². The quantitative estimate of drug-likeness (QED) is 0.419. The van der Waals surface area contributed by atoms with E-state index >= 15 is 0 Å². The van der Waals surface area contributed by atoms with Crippen molar-refractivity contribution in [3.63, 3.8) is 0 Å². The lowest BCUT2D eigenvalue weighted by Crippen LogP contribution is -2.36. The Morgan fingerprint density at radius 3 is 2.42 bits per heavy atom. The van der Waals surface area contributed by atoms with Crippen LogP contribution in [-0.2, 0) is 17.8 Å². The normalized spacial score (nSPS) is 11.2. The van der Waals surface area contributed by atoms with Gasteiger partial charge in [-0.15, -0.1) is 0 Å². The Kier molecular flexibility index (Phi) is 7.26. The number of amides is 1. The standard InChI is InChI=1S/C23H28N6O2/c1-16-13-17(2)29(28-16)21-8-6-5-7-19(21)15-26-22(24-3)25-14-18-9-11-20(12-10-18)27-23(30)31-4/h5-13H,14-15H2,1-4H3,(H,27,30)(H2,24,25,26). The van der Waals surface area contributed by atoms with Gasteiger partial charge in [0.05, 0.1) is 18.5 Å². The maximum atomic E-state index is 11.3. The number of benzene rings is 2. The van der Waals surface area contributed by atoms with Crippen LogP contribution in [0.25, 0.3) is 5.69 Å². The molecule has 0 fully saturated rings. The second kappa shape index (κ2) is 10.3. The molecule has 3 rings (SSSR count). The minimum absolute atomic E-state index is 0.490. The fourth-order valence-electron chi connectivity index (χ4n) is 3.20. The van der Waals surface area contributed by atoms with E-state index in [0.717, 1.165) is 28.2 Å². The molecule has 0 aliphatic rings. The molecule has 0 aliphatic heterocycles. The molecule has 0 spiro atoms. The monoisotopic (exact) mass is 420 g/mol. The number of carbonyl (C=O) groups is 1. The Hall–Kier alpha value is -3.81. The van der Waals surface area contributed by atoms with E-state index in [0.29, 0.717) is 24.7 Å². The van der Waals surface area contributed by atoms with Gasteiger partial charge < -0.3 is 15.4 Å². The van der Waals surface area contributed by atoms with Crippen LogP contribution in [0.1, 0.15) is 22.5 Å². The molecule has 0 aliphatic carbocycles. The largest absolute Gasteiger partial charge is 0.453 e. The number of aryl methyl sites for hydroxylation is 2. The molecule has 0 radical (unpaired) electrons. The summed E-state index contributed by atoms with van der Waals surface area (Å²) in [5.41, 5.74) is 5.99. The fraction of sp³-hybridized carbons (Fsp3) is 0.261. The predicted octanol–water partition coefficient (Wildman–Crippen LogP) is 3.53. The molecular formula is C23H28N6O2. The molecule has 31 heavy (non-hydrogen) atoms. The molecule has 1 heterocycles. The second-order valence-electron chi connectivity index (χ2n) is 7.06. The zero-order valence-corrected chi connectivity index (χ0v) is 18.3. The number of nitrogens with zero attached hydrogens (tertiary/aromatic N) is 3. The van der Waals surface area contributed by atoms with Crippen molar-refractivity contribution in [2.24, 2.45) is 4.99 Å². The minimum atomic E-state index is -0.490. The van der Waals surface area contributed by atoms with E-state index in [1.165, 1.54) is 7.11 Å². The molecule has 0 saturated carbocycles. The maximum Gasteiger partial charge on any atom is 0.411 e. The number of aliphatic imine (C=N–C) groups is 1. The Bertz CT molecular complexity index is 1060. The Labute approximate surface area is 182 Å². The van der Waals surface area contributed by atoms with Crippen LogP contribution in [0.3, 0.4) is 0 Å². The van der Waals surface area contributed by atoms with Crippen molar-refractivity contribution in [1.82, 2.24) is 20.4 Å². The number of carbonyl (C=O) groups excluding carboxylic acids is 1. The van der Waals surface area contributed by atoms with Gasteiger partial charge in [0.1, 0.15) is 0 Å². The average molecular weight is 421 g/mol. The van der Waals surface area contributed by atoms with Crippen LogP contribution in [0.5, 0.6) is 0 Å². The molecule has 1 aromatic heterocycles. The summed E-state index contributed by atoms with van der Waals surface area (Å²) in [4.78, 5) is 15.6. The van der Waals surface area contributed by atoms with Gasteiger partial charge in [0, 0.05) is 31.5 Å². The highest BCUT2D eigenvalue weighted by Gasteiger charge is 2.09. The predicted molar refractivity (Wildman–Crippen MR) is 123 cm³/mol. The van der Waals surface area contributed by atoms with E-state index in [1.54, 1.807) is 7.05 Å². The topological polar surface area (TPSA) is 92.6 Å². The van der Waals surface area contributed by atoms with Gasteiger partial charge in [-0.2, -0.15) is 5.10 Å². The number of nitrogens with one attached hydrogen (secondary N) is 3.